The molecule has 0 radical (unpaired) electrons. The number of carbonyl (C=O) groups excluding carboxylic acids is 2. The molecule has 2 aromatic rings. The van der Waals surface area contributed by atoms with Gasteiger partial charge >= 0.3 is 5.97 Å². The first-order valence-electron chi connectivity index (χ1n) is 7.86. The molecular formula is C18H17ClN2O5. The van der Waals surface area contributed by atoms with Crippen LogP contribution in [0.15, 0.2) is 42.5 Å². The molecule has 0 aliphatic rings. The van der Waals surface area contributed by atoms with Crippen LogP contribution in [0.4, 0.5) is 11.4 Å². The van der Waals surface area contributed by atoms with Gasteiger partial charge in [-0.15, -0.1) is 0 Å². The summed E-state index contributed by atoms with van der Waals surface area (Å²) >= 11 is 5.71. The molecule has 7 nitrogen and oxygen atoms in total. The lowest BCUT2D eigenvalue weighted by atomic mass is 10.1. The highest BCUT2D eigenvalue weighted by atomic mass is 35.5. The highest BCUT2D eigenvalue weighted by Crippen LogP contribution is 2.24. The van der Waals surface area contributed by atoms with E-state index in [1.165, 1.54) is 19.1 Å². The summed E-state index contributed by atoms with van der Waals surface area (Å²) in [6.07, 6.45) is -0.258. The number of carbonyl (C=O) groups is 2. The second-order valence-corrected chi connectivity index (χ2v) is 5.94. The molecule has 0 heterocycles. The molecule has 0 spiro atoms. The quantitative estimate of drug-likeness (QED) is 0.466. The average Bonchev–Trinajstić information content (AvgIpc) is 2.61. The third kappa shape index (κ3) is 4.80. The van der Waals surface area contributed by atoms with Gasteiger partial charge in [0.2, 0.25) is 0 Å². The Kier molecular flexibility index (Phi) is 6.30. The van der Waals surface area contributed by atoms with Gasteiger partial charge in [0.05, 0.1) is 4.92 Å². The second kappa shape index (κ2) is 8.44. The highest BCUT2D eigenvalue weighted by Gasteiger charge is 2.25. The maximum Gasteiger partial charge on any atom is 0.345 e. The van der Waals surface area contributed by atoms with E-state index in [4.69, 9.17) is 16.3 Å². The van der Waals surface area contributed by atoms with E-state index in [9.17, 15) is 19.7 Å². The van der Waals surface area contributed by atoms with Crippen molar-refractivity contribution in [2.45, 2.75) is 26.4 Å². The number of nitrogens with zero attached hydrogens (tertiary/aromatic N) is 1. The zero-order valence-electron chi connectivity index (χ0n) is 14.2. The molecule has 1 unspecified atom stereocenters. The monoisotopic (exact) mass is 376 g/mol. The predicted octanol–water partition coefficient (Wildman–Crippen LogP) is 3.99. The lowest BCUT2D eigenvalue weighted by Crippen LogP contribution is -2.30. The molecule has 0 aliphatic heterocycles. The Morgan fingerprint density at radius 1 is 1.23 bits per heavy atom. The molecule has 2 aromatic carbocycles. The molecule has 136 valence electrons. The van der Waals surface area contributed by atoms with Crippen LogP contribution in [0.25, 0.3) is 0 Å². The smallest absolute Gasteiger partial charge is 0.345 e. The number of aryl methyl sites for hydroxylation is 1. The number of halogens is 1. The molecule has 0 fully saturated rings. The summed E-state index contributed by atoms with van der Waals surface area (Å²) in [5.74, 6) is -1.52. The van der Waals surface area contributed by atoms with Crippen molar-refractivity contribution in [1.82, 2.24) is 0 Å². The fourth-order valence-corrected chi connectivity index (χ4v) is 2.34. The molecule has 26 heavy (non-hydrogen) atoms. The first kappa shape index (κ1) is 19.4. The highest BCUT2D eigenvalue weighted by molar-refractivity contribution is 6.31. The van der Waals surface area contributed by atoms with Crippen molar-refractivity contribution in [3.8, 4) is 0 Å². The number of amides is 1. The van der Waals surface area contributed by atoms with Gasteiger partial charge < -0.3 is 10.1 Å². The number of rotatable bonds is 6. The Balaban J connectivity index is 2.06. The molecular weight excluding hydrogens is 360 g/mol. The van der Waals surface area contributed by atoms with Gasteiger partial charge in [0.25, 0.3) is 11.6 Å². The van der Waals surface area contributed by atoms with Gasteiger partial charge in [0.15, 0.2) is 6.10 Å². The fourth-order valence-electron chi connectivity index (χ4n) is 2.17. The predicted molar refractivity (Wildman–Crippen MR) is 97.4 cm³/mol. The van der Waals surface area contributed by atoms with E-state index >= 15 is 0 Å². The molecule has 2 rings (SSSR count). The van der Waals surface area contributed by atoms with Gasteiger partial charge in [-0.2, -0.15) is 0 Å². The Morgan fingerprint density at radius 3 is 2.46 bits per heavy atom. The summed E-state index contributed by atoms with van der Waals surface area (Å²) in [5.41, 5.74) is 0.932. The van der Waals surface area contributed by atoms with Crippen molar-refractivity contribution in [1.29, 1.82) is 0 Å². The Morgan fingerprint density at radius 2 is 1.88 bits per heavy atom. The second-order valence-electron chi connectivity index (χ2n) is 5.51. The number of benzene rings is 2. The minimum Gasteiger partial charge on any atom is -0.449 e. The van der Waals surface area contributed by atoms with Crippen LogP contribution >= 0.6 is 11.6 Å². The summed E-state index contributed by atoms with van der Waals surface area (Å²) in [4.78, 5) is 34.7. The van der Waals surface area contributed by atoms with E-state index in [1.807, 2.05) is 19.1 Å². The van der Waals surface area contributed by atoms with Crippen LogP contribution in [0.2, 0.25) is 5.02 Å². The lowest BCUT2D eigenvalue weighted by molar-refractivity contribution is -0.385. The summed E-state index contributed by atoms with van der Waals surface area (Å²) in [6, 6.07) is 10.8. The Labute approximate surface area is 155 Å². The van der Waals surface area contributed by atoms with Crippen molar-refractivity contribution < 1.29 is 19.2 Å². The first-order valence-corrected chi connectivity index (χ1v) is 8.24. The number of nitrogens with one attached hydrogen (secondary N) is 1. The summed E-state index contributed by atoms with van der Waals surface area (Å²) in [7, 11) is 0. The largest absolute Gasteiger partial charge is 0.449 e. The van der Waals surface area contributed by atoms with E-state index in [0.29, 0.717) is 5.69 Å². The Hall–Kier alpha value is -2.93. The van der Waals surface area contributed by atoms with Crippen LogP contribution in [0.5, 0.6) is 0 Å². The Bertz CT molecular complexity index is 836. The SMILES string of the molecule is CCc1ccc(NC(=O)C(C)OC(=O)c2ccc(Cl)cc2[N+](=O)[O-])cc1. The molecule has 0 aromatic heterocycles. The summed E-state index contributed by atoms with van der Waals surface area (Å²) in [5, 5.41) is 13.8. The minimum atomic E-state index is -1.14. The van der Waals surface area contributed by atoms with Gasteiger partial charge in [-0.1, -0.05) is 30.7 Å². The molecule has 0 saturated heterocycles. The van der Waals surface area contributed by atoms with E-state index in [2.05, 4.69) is 5.32 Å². The van der Waals surface area contributed by atoms with Gasteiger partial charge in [-0.25, -0.2) is 4.79 Å². The zero-order valence-corrected chi connectivity index (χ0v) is 14.9. The van der Waals surface area contributed by atoms with Crippen LogP contribution in [0, 0.1) is 10.1 Å². The molecule has 0 saturated carbocycles. The third-order valence-electron chi connectivity index (χ3n) is 3.66. The molecule has 1 amide bonds. The van der Waals surface area contributed by atoms with Crippen molar-refractivity contribution in [2.24, 2.45) is 0 Å². The van der Waals surface area contributed by atoms with Crippen LogP contribution in [0.3, 0.4) is 0 Å². The number of hydrogen-bond acceptors (Lipinski definition) is 5. The first-order chi connectivity index (χ1) is 12.3. The molecule has 8 heteroatoms. The standard InChI is InChI=1S/C18H17ClN2O5/c1-3-12-4-7-14(8-5-12)20-17(22)11(2)26-18(23)15-9-6-13(19)10-16(15)21(24)25/h4-11H,3H2,1-2H3,(H,20,22). The van der Waals surface area contributed by atoms with Crippen LogP contribution in [0.1, 0.15) is 29.8 Å². The van der Waals surface area contributed by atoms with Crippen molar-refractivity contribution in [3.05, 3.63) is 68.7 Å². The minimum absolute atomic E-state index is 0.120. The molecule has 1 atom stereocenters. The number of ether oxygens (including phenoxy) is 1. The van der Waals surface area contributed by atoms with E-state index in [0.717, 1.165) is 18.1 Å². The maximum absolute atomic E-state index is 12.2. The summed E-state index contributed by atoms with van der Waals surface area (Å²) in [6.45, 7) is 3.40. The van der Waals surface area contributed by atoms with Crippen molar-refractivity contribution >= 4 is 34.9 Å². The fraction of sp³-hybridized carbons (Fsp3) is 0.222. The van der Waals surface area contributed by atoms with Crippen LogP contribution < -0.4 is 5.32 Å². The summed E-state index contributed by atoms with van der Waals surface area (Å²) < 4.78 is 5.05. The van der Waals surface area contributed by atoms with E-state index in [-0.39, 0.29) is 10.6 Å². The van der Waals surface area contributed by atoms with Gasteiger partial charge in [-0.05, 0) is 43.2 Å². The van der Waals surface area contributed by atoms with Crippen LogP contribution in [-0.2, 0) is 16.0 Å². The van der Waals surface area contributed by atoms with Gasteiger partial charge in [-0.3, -0.25) is 14.9 Å². The van der Waals surface area contributed by atoms with Crippen molar-refractivity contribution in [3.63, 3.8) is 0 Å². The van der Waals surface area contributed by atoms with E-state index in [1.54, 1.807) is 12.1 Å². The average molecular weight is 377 g/mol. The normalized spacial score (nSPS) is 11.5. The van der Waals surface area contributed by atoms with Crippen LogP contribution in [-0.4, -0.2) is 22.9 Å². The number of hydrogen-bond donors (Lipinski definition) is 1. The molecule has 1 N–H and O–H groups in total. The lowest BCUT2D eigenvalue weighted by Gasteiger charge is -2.14. The van der Waals surface area contributed by atoms with Gasteiger partial charge in [0.1, 0.15) is 5.56 Å². The van der Waals surface area contributed by atoms with E-state index < -0.39 is 28.6 Å². The van der Waals surface area contributed by atoms with Crippen molar-refractivity contribution in [2.75, 3.05) is 5.32 Å². The topological polar surface area (TPSA) is 98.5 Å². The maximum atomic E-state index is 12.2. The number of nitro benzene ring substituents is 1. The third-order valence-corrected chi connectivity index (χ3v) is 3.89. The van der Waals surface area contributed by atoms with Gasteiger partial charge in [0, 0.05) is 16.8 Å². The molecule has 0 aliphatic carbocycles. The molecule has 0 bridgehead atoms. The zero-order chi connectivity index (χ0) is 19.3. The number of nitro groups is 1. The number of anilines is 1. The number of esters is 1.